The lowest BCUT2D eigenvalue weighted by atomic mass is 10.0. The van der Waals surface area contributed by atoms with Crippen LogP contribution in [0.15, 0.2) is 48.7 Å². The Labute approximate surface area is 190 Å². The van der Waals surface area contributed by atoms with Gasteiger partial charge in [0.25, 0.3) is 0 Å². The molecule has 1 unspecified atom stereocenters. The van der Waals surface area contributed by atoms with E-state index in [1.807, 2.05) is 48.9 Å². The number of aromatic nitrogens is 4. The van der Waals surface area contributed by atoms with Crippen LogP contribution in [0.5, 0.6) is 5.75 Å². The lowest BCUT2D eigenvalue weighted by Gasteiger charge is -2.14. The molecule has 1 saturated heterocycles. The quantitative estimate of drug-likeness (QED) is 0.382. The number of aryl methyl sites for hydroxylation is 2. The highest BCUT2D eigenvalue weighted by molar-refractivity contribution is 5.83. The number of para-hydroxylation sites is 1. The van der Waals surface area contributed by atoms with Gasteiger partial charge in [0.05, 0.1) is 17.6 Å². The summed E-state index contributed by atoms with van der Waals surface area (Å²) in [6.45, 7) is 2.11. The SMILES string of the molecule is Cc1nc(C2CCCO2)ncc1-c1ccc2nc(C)n(Cc3ccccc3OC(F)F)c2c1. The Morgan fingerprint density at radius 1 is 1.15 bits per heavy atom. The Bertz CT molecular complexity index is 1300. The van der Waals surface area contributed by atoms with E-state index in [0.717, 1.165) is 59.0 Å². The summed E-state index contributed by atoms with van der Waals surface area (Å²) in [5, 5.41) is 0. The first-order valence-electron chi connectivity index (χ1n) is 10.9. The van der Waals surface area contributed by atoms with Crippen molar-refractivity contribution < 1.29 is 18.3 Å². The molecule has 170 valence electrons. The van der Waals surface area contributed by atoms with Crippen LogP contribution in [0.4, 0.5) is 8.78 Å². The molecule has 1 aliphatic rings. The maximum Gasteiger partial charge on any atom is 0.387 e. The Hall–Kier alpha value is -3.39. The van der Waals surface area contributed by atoms with Gasteiger partial charge in [-0.3, -0.25) is 0 Å². The summed E-state index contributed by atoms with van der Waals surface area (Å²) in [5.74, 6) is 1.68. The average molecular weight is 450 g/mol. The zero-order chi connectivity index (χ0) is 22.9. The average Bonchev–Trinajstić information content (AvgIpc) is 3.43. The predicted molar refractivity (Wildman–Crippen MR) is 120 cm³/mol. The standard InChI is InChI=1S/C25H24F2N4O2/c1-15-19(13-28-24(29-15)23-8-5-11-32-23)17-9-10-20-21(12-17)31(16(2)30-20)14-18-6-3-4-7-22(18)33-25(26)27/h3-4,6-7,9-10,12-13,23,25H,5,8,11,14H2,1-2H3. The lowest BCUT2D eigenvalue weighted by molar-refractivity contribution is -0.0504. The predicted octanol–water partition coefficient (Wildman–Crippen LogP) is 5.61. The lowest BCUT2D eigenvalue weighted by Crippen LogP contribution is -2.08. The smallest absolute Gasteiger partial charge is 0.387 e. The van der Waals surface area contributed by atoms with Gasteiger partial charge in [0.2, 0.25) is 0 Å². The highest BCUT2D eigenvalue weighted by Crippen LogP contribution is 2.31. The topological polar surface area (TPSA) is 62.1 Å². The van der Waals surface area contributed by atoms with Crippen molar-refractivity contribution in [1.82, 2.24) is 19.5 Å². The molecule has 1 aliphatic heterocycles. The molecule has 0 radical (unpaired) electrons. The Morgan fingerprint density at radius 2 is 2.00 bits per heavy atom. The van der Waals surface area contributed by atoms with Gasteiger partial charge in [-0.15, -0.1) is 0 Å². The summed E-state index contributed by atoms with van der Waals surface area (Å²) in [6.07, 6.45) is 3.79. The number of rotatable bonds is 6. The van der Waals surface area contributed by atoms with E-state index in [0.29, 0.717) is 12.1 Å². The number of fused-ring (bicyclic) bond motifs is 1. The number of halogens is 2. The van der Waals surface area contributed by atoms with Gasteiger partial charge >= 0.3 is 6.61 Å². The Morgan fingerprint density at radius 3 is 2.76 bits per heavy atom. The monoisotopic (exact) mass is 450 g/mol. The summed E-state index contributed by atoms with van der Waals surface area (Å²) >= 11 is 0. The minimum atomic E-state index is -2.88. The molecule has 2 aromatic heterocycles. The summed E-state index contributed by atoms with van der Waals surface area (Å²) in [6, 6.07) is 12.8. The molecule has 1 atom stereocenters. The molecule has 2 aromatic carbocycles. The first kappa shape index (κ1) is 21.5. The molecule has 3 heterocycles. The normalized spacial score (nSPS) is 16.1. The van der Waals surface area contributed by atoms with Crippen molar-refractivity contribution in [3.05, 3.63) is 71.6 Å². The van der Waals surface area contributed by atoms with Gasteiger partial charge in [0, 0.05) is 29.6 Å². The Kier molecular flexibility index (Phi) is 5.76. The number of hydrogen-bond acceptors (Lipinski definition) is 5. The zero-order valence-electron chi connectivity index (χ0n) is 18.5. The van der Waals surface area contributed by atoms with E-state index in [4.69, 9.17) is 14.5 Å². The third-order valence-electron chi connectivity index (χ3n) is 5.98. The molecule has 5 rings (SSSR count). The van der Waals surface area contributed by atoms with Crippen LogP contribution in [0.1, 0.15) is 41.9 Å². The number of hydrogen-bond donors (Lipinski definition) is 0. The van der Waals surface area contributed by atoms with Crippen molar-refractivity contribution in [2.24, 2.45) is 0 Å². The second-order valence-corrected chi connectivity index (χ2v) is 8.16. The minimum Gasteiger partial charge on any atom is -0.434 e. The molecule has 0 saturated carbocycles. The van der Waals surface area contributed by atoms with Crippen LogP contribution >= 0.6 is 0 Å². The first-order chi connectivity index (χ1) is 16.0. The van der Waals surface area contributed by atoms with Crippen molar-refractivity contribution in [3.63, 3.8) is 0 Å². The van der Waals surface area contributed by atoms with E-state index >= 15 is 0 Å². The largest absolute Gasteiger partial charge is 0.434 e. The van der Waals surface area contributed by atoms with Crippen molar-refractivity contribution in [1.29, 1.82) is 0 Å². The second kappa shape index (κ2) is 8.86. The molecular formula is C25H24F2N4O2. The first-order valence-corrected chi connectivity index (χ1v) is 10.9. The van der Waals surface area contributed by atoms with E-state index in [-0.39, 0.29) is 11.9 Å². The maximum atomic E-state index is 12.9. The molecule has 6 nitrogen and oxygen atoms in total. The van der Waals surface area contributed by atoms with Crippen LogP contribution in [0.25, 0.3) is 22.2 Å². The van der Waals surface area contributed by atoms with Gasteiger partial charge in [0.1, 0.15) is 17.7 Å². The minimum absolute atomic E-state index is 0.0279. The van der Waals surface area contributed by atoms with Gasteiger partial charge in [-0.1, -0.05) is 24.3 Å². The summed E-state index contributed by atoms with van der Waals surface area (Å²) in [7, 11) is 0. The molecule has 0 amide bonds. The van der Waals surface area contributed by atoms with E-state index in [9.17, 15) is 8.78 Å². The van der Waals surface area contributed by atoms with E-state index in [1.54, 1.807) is 18.2 Å². The number of benzene rings is 2. The maximum absolute atomic E-state index is 12.9. The zero-order valence-corrected chi connectivity index (χ0v) is 18.5. The van der Waals surface area contributed by atoms with Crippen LogP contribution in [0, 0.1) is 13.8 Å². The van der Waals surface area contributed by atoms with Crippen LogP contribution in [0.3, 0.4) is 0 Å². The summed E-state index contributed by atoms with van der Waals surface area (Å²) in [5.41, 5.74) is 5.18. The fourth-order valence-electron chi connectivity index (χ4n) is 4.33. The molecule has 1 fully saturated rings. The van der Waals surface area contributed by atoms with Crippen LogP contribution < -0.4 is 4.74 Å². The highest BCUT2D eigenvalue weighted by atomic mass is 19.3. The Balaban J connectivity index is 1.51. The fourth-order valence-corrected chi connectivity index (χ4v) is 4.33. The fraction of sp³-hybridized carbons (Fsp3) is 0.320. The van der Waals surface area contributed by atoms with E-state index in [1.165, 1.54) is 0 Å². The third kappa shape index (κ3) is 4.30. The molecule has 0 aliphatic carbocycles. The van der Waals surface area contributed by atoms with Crippen molar-refractivity contribution in [3.8, 4) is 16.9 Å². The molecule has 0 spiro atoms. The van der Waals surface area contributed by atoms with Gasteiger partial charge in [-0.25, -0.2) is 15.0 Å². The number of alkyl halides is 2. The molecule has 0 bridgehead atoms. The molecule has 0 N–H and O–H groups in total. The third-order valence-corrected chi connectivity index (χ3v) is 5.98. The molecule has 33 heavy (non-hydrogen) atoms. The highest BCUT2D eigenvalue weighted by Gasteiger charge is 2.21. The summed E-state index contributed by atoms with van der Waals surface area (Å²) < 4.78 is 38.1. The number of imidazole rings is 1. The number of ether oxygens (including phenoxy) is 2. The number of nitrogens with zero attached hydrogens (tertiary/aromatic N) is 4. The van der Waals surface area contributed by atoms with Crippen molar-refractivity contribution in [2.45, 2.75) is 45.9 Å². The van der Waals surface area contributed by atoms with E-state index in [2.05, 4.69) is 9.97 Å². The molecular weight excluding hydrogens is 426 g/mol. The van der Waals surface area contributed by atoms with Crippen molar-refractivity contribution >= 4 is 11.0 Å². The van der Waals surface area contributed by atoms with E-state index < -0.39 is 6.61 Å². The van der Waals surface area contributed by atoms with Gasteiger partial charge < -0.3 is 14.0 Å². The molecule has 8 heteroatoms. The van der Waals surface area contributed by atoms with Gasteiger partial charge in [-0.05, 0) is 50.5 Å². The van der Waals surface area contributed by atoms with Crippen LogP contribution in [-0.4, -0.2) is 32.7 Å². The van der Waals surface area contributed by atoms with Gasteiger partial charge in [0.15, 0.2) is 5.82 Å². The van der Waals surface area contributed by atoms with Crippen molar-refractivity contribution in [2.75, 3.05) is 6.61 Å². The summed E-state index contributed by atoms with van der Waals surface area (Å²) in [4.78, 5) is 13.9. The van der Waals surface area contributed by atoms with Gasteiger partial charge in [-0.2, -0.15) is 8.78 Å². The van der Waals surface area contributed by atoms with Crippen LogP contribution in [-0.2, 0) is 11.3 Å². The molecule has 4 aromatic rings. The van der Waals surface area contributed by atoms with Crippen LogP contribution in [0.2, 0.25) is 0 Å². The second-order valence-electron chi connectivity index (χ2n) is 8.16.